The summed E-state index contributed by atoms with van der Waals surface area (Å²) in [5.74, 6) is 0.959. The third-order valence-electron chi connectivity index (χ3n) is 3.41. The van der Waals surface area contributed by atoms with Crippen LogP contribution in [-0.2, 0) is 11.3 Å². The van der Waals surface area contributed by atoms with Gasteiger partial charge in [-0.15, -0.1) is 11.3 Å². The van der Waals surface area contributed by atoms with Gasteiger partial charge in [0.05, 0.1) is 5.69 Å². The lowest BCUT2D eigenvalue weighted by molar-refractivity contribution is -0.114. The third kappa shape index (κ3) is 4.10. The normalized spacial score (nSPS) is 16.6. The van der Waals surface area contributed by atoms with E-state index in [4.69, 9.17) is 0 Å². The molecule has 18 heavy (non-hydrogen) atoms. The molecule has 1 unspecified atom stereocenters. The fraction of sp³-hybridized carbons (Fsp3) is 0.643. The van der Waals surface area contributed by atoms with Crippen molar-refractivity contribution >= 4 is 22.9 Å². The first-order valence-corrected chi connectivity index (χ1v) is 7.64. The van der Waals surface area contributed by atoms with E-state index in [9.17, 15) is 4.79 Å². The number of amides is 1. The van der Waals surface area contributed by atoms with Crippen LogP contribution in [0.3, 0.4) is 0 Å². The molecule has 1 heterocycles. The van der Waals surface area contributed by atoms with Gasteiger partial charge in [0.1, 0.15) is 0 Å². The second kappa shape index (κ2) is 6.34. The molecule has 3 nitrogen and oxygen atoms in total. The smallest absolute Gasteiger partial charge is 0.221 e. The predicted molar refractivity (Wildman–Crippen MR) is 76.9 cm³/mol. The fourth-order valence-corrected chi connectivity index (χ4v) is 2.95. The van der Waals surface area contributed by atoms with Gasteiger partial charge in [0.25, 0.3) is 0 Å². The molecule has 100 valence electrons. The van der Waals surface area contributed by atoms with Crippen LogP contribution < -0.4 is 10.6 Å². The Morgan fingerprint density at radius 1 is 1.56 bits per heavy atom. The minimum atomic E-state index is -0.000304. The SMILES string of the molecule is CCC(CC1CC1)NCc1sccc1NC(C)=O. The Labute approximate surface area is 113 Å². The number of carbonyl (C=O) groups excluding carboxylic acids is 1. The molecule has 0 bridgehead atoms. The molecular formula is C14H22N2OS. The van der Waals surface area contributed by atoms with Crippen molar-refractivity contribution in [2.45, 2.75) is 52.1 Å². The summed E-state index contributed by atoms with van der Waals surface area (Å²) >= 11 is 1.70. The van der Waals surface area contributed by atoms with Crippen LogP contribution in [0.4, 0.5) is 5.69 Å². The van der Waals surface area contributed by atoms with Gasteiger partial charge in [-0.2, -0.15) is 0 Å². The van der Waals surface area contributed by atoms with E-state index >= 15 is 0 Å². The number of hydrogen-bond acceptors (Lipinski definition) is 3. The Balaban J connectivity index is 1.84. The van der Waals surface area contributed by atoms with Gasteiger partial charge in [-0.25, -0.2) is 0 Å². The molecule has 1 aromatic rings. The van der Waals surface area contributed by atoms with E-state index in [0.29, 0.717) is 6.04 Å². The van der Waals surface area contributed by atoms with Crippen LogP contribution in [0.15, 0.2) is 11.4 Å². The number of nitrogens with one attached hydrogen (secondary N) is 2. The summed E-state index contributed by atoms with van der Waals surface area (Å²) in [6, 6.07) is 2.59. The first kappa shape index (κ1) is 13.6. The van der Waals surface area contributed by atoms with Crippen molar-refractivity contribution in [3.8, 4) is 0 Å². The summed E-state index contributed by atoms with van der Waals surface area (Å²) in [7, 11) is 0. The van der Waals surface area contributed by atoms with E-state index in [2.05, 4.69) is 17.6 Å². The Morgan fingerprint density at radius 2 is 2.33 bits per heavy atom. The summed E-state index contributed by atoms with van der Waals surface area (Å²) in [6.45, 7) is 4.65. The first-order valence-electron chi connectivity index (χ1n) is 6.76. The average Bonchev–Trinajstić information content (AvgIpc) is 3.04. The zero-order chi connectivity index (χ0) is 13.0. The first-order chi connectivity index (χ1) is 8.69. The van der Waals surface area contributed by atoms with Crippen molar-refractivity contribution in [2.24, 2.45) is 5.92 Å². The molecule has 1 aliphatic carbocycles. The highest BCUT2D eigenvalue weighted by molar-refractivity contribution is 7.10. The minimum absolute atomic E-state index is 0.000304. The van der Waals surface area contributed by atoms with Crippen LogP contribution in [0.25, 0.3) is 0 Å². The summed E-state index contributed by atoms with van der Waals surface area (Å²) in [6.07, 6.45) is 5.30. The van der Waals surface area contributed by atoms with E-state index in [0.717, 1.165) is 18.2 Å². The number of anilines is 1. The topological polar surface area (TPSA) is 41.1 Å². The summed E-state index contributed by atoms with van der Waals surface area (Å²) < 4.78 is 0. The number of hydrogen-bond donors (Lipinski definition) is 2. The van der Waals surface area contributed by atoms with Gasteiger partial charge < -0.3 is 10.6 Å². The van der Waals surface area contributed by atoms with Crippen LogP contribution in [0.2, 0.25) is 0 Å². The Bertz CT molecular complexity index is 398. The lowest BCUT2D eigenvalue weighted by Gasteiger charge is -2.16. The maximum atomic E-state index is 11.1. The molecule has 1 fully saturated rings. The maximum Gasteiger partial charge on any atom is 0.221 e. The van der Waals surface area contributed by atoms with Crippen LogP contribution in [0.5, 0.6) is 0 Å². The number of carbonyl (C=O) groups is 1. The van der Waals surface area contributed by atoms with Gasteiger partial charge in [0, 0.05) is 24.4 Å². The maximum absolute atomic E-state index is 11.1. The van der Waals surface area contributed by atoms with E-state index < -0.39 is 0 Å². The second-order valence-electron chi connectivity index (χ2n) is 5.10. The molecule has 1 aliphatic rings. The van der Waals surface area contributed by atoms with Gasteiger partial charge in [0.2, 0.25) is 5.91 Å². The van der Waals surface area contributed by atoms with Crippen molar-refractivity contribution in [1.29, 1.82) is 0 Å². The third-order valence-corrected chi connectivity index (χ3v) is 4.34. The zero-order valence-electron chi connectivity index (χ0n) is 11.2. The lowest BCUT2D eigenvalue weighted by Crippen LogP contribution is -2.28. The number of rotatable bonds is 7. The summed E-state index contributed by atoms with van der Waals surface area (Å²) in [4.78, 5) is 12.3. The Kier molecular flexibility index (Phi) is 4.78. The van der Waals surface area contributed by atoms with Crippen molar-refractivity contribution in [3.05, 3.63) is 16.3 Å². The summed E-state index contributed by atoms with van der Waals surface area (Å²) in [5, 5.41) is 8.53. The molecule has 0 radical (unpaired) electrons. The number of thiophene rings is 1. The summed E-state index contributed by atoms with van der Waals surface area (Å²) in [5.41, 5.74) is 0.960. The molecule has 0 aromatic carbocycles. The van der Waals surface area contributed by atoms with E-state index in [-0.39, 0.29) is 5.91 Å². The predicted octanol–water partition coefficient (Wildman–Crippen LogP) is 3.37. The van der Waals surface area contributed by atoms with Gasteiger partial charge >= 0.3 is 0 Å². The highest BCUT2D eigenvalue weighted by Crippen LogP contribution is 2.34. The standard InChI is InChI=1S/C14H22N2OS/c1-3-12(8-11-4-5-11)15-9-14-13(6-7-18-14)16-10(2)17/h6-7,11-12,15H,3-5,8-9H2,1-2H3,(H,16,17). The molecule has 1 saturated carbocycles. The van der Waals surface area contributed by atoms with Crippen molar-refractivity contribution in [3.63, 3.8) is 0 Å². The van der Waals surface area contributed by atoms with Crippen molar-refractivity contribution in [1.82, 2.24) is 5.32 Å². The van der Waals surface area contributed by atoms with E-state index in [1.807, 2.05) is 11.4 Å². The Hall–Kier alpha value is -0.870. The highest BCUT2D eigenvalue weighted by atomic mass is 32.1. The minimum Gasteiger partial charge on any atom is -0.325 e. The quantitative estimate of drug-likeness (QED) is 0.794. The fourth-order valence-electron chi connectivity index (χ4n) is 2.17. The zero-order valence-corrected chi connectivity index (χ0v) is 12.0. The molecule has 0 saturated heterocycles. The van der Waals surface area contributed by atoms with Gasteiger partial charge in [-0.05, 0) is 30.2 Å². The molecule has 2 N–H and O–H groups in total. The largest absolute Gasteiger partial charge is 0.325 e. The molecule has 1 amide bonds. The molecule has 1 atom stereocenters. The molecule has 0 spiro atoms. The Morgan fingerprint density at radius 3 is 2.94 bits per heavy atom. The van der Waals surface area contributed by atoms with Crippen molar-refractivity contribution < 1.29 is 4.79 Å². The van der Waals surface area contributed by atoms with Crippen molar-refractivity contribution in [2.75, 3.05) is 5.32 Å². The van der Waals surface area contributed by atoms with Crippen LogP contribution in [0.1, 0.15) is 44.4 Å². The molecule has 2 rings (SSSR count). The average molecular weight is 266 g/mol. The van der Waals surface area contributed by atoms with Crippen LogP contribution in [-0.4, -0.2) is 11.9 Å². The molecule has 0 aliphatic heterocycles. The van der Waals surface area contributed by atoms with Crippen LogP contribution >= 0.6 is 11.3 Å². The van der Waals surface area contributed by atoms with Gasteiger partial charge in [-0.3, -0.25) is 4.79 Å². The molecular weight excluding hydrogens is 244 g/mol. The monoisotopic (exact) mass is 266 g/mol. The molecule has 1 aromatic heterocycles. The lowest BCUT2D eigenvalue weighted by atomic mass is 10.1. The van der Waals surface area contributed by atoms with E-state index in [1.165, 1.54) is 30.6 Å². The van der Waals surface area contributed by atoms with Crippen LogP contribution in [0, 0.1) is 5.92 Å². The van der Waals surface area contributed by atoms with Gasteiger partial charge in [-0.1, -0.05) is 19.8 Å². The second-order valence-corrected chi connectivity index (χ2v) is 6.10. The van der Waals surface area contributed by atoms with E-state index in [1.54, 1.807) is 18.3 Å². The molecule has 4 heteroatoms. The van der Waals surface area contributed by atoms with Gasteiger partial charge in [0.15, 0.2) is 0 Å². The highest BCUT2D eigenvalue weighted by Gasteiger charge is 2.24.